The number of benzene rings is 1. The van der Waals surface area contributed by atoms with Crippen molar-refractivity contribution in [2.75, 3.05) is 6.61 Å². The van der Waals surface area contributed by atoms with Crippen LogP contribution in [0.1, 0.15) is 46.6 Å². The molecular weight excluding hydrogens is 302 g/mol. The highest BCUT2D eigenvalue weighted by Gasteiger charge is 2.32. The zero-order valence-electron chi connectivity index (χ0n) is 14.5. The van der Waals surface area contributed by atoms with Gasteiger partial charge in [-0.2, -0.15) is 5.10 Å². The Labute approximate surface area is 142 Å². The van der Waals surface area contributed by atoms with Crippen LogP contribution in [0.4, 0.5) is 0 Å². The lowest BCUT2D eigenvalue weighted by atomic mass is 10.1. The molecule has 2 aromatic rings. The van der Waals surface area contributed by atoms with Gasteiger partial charge in [0, 0.05) is 18.3 Å². The van der Waals surface area contributed by atoms with Gasteiger partial charge in [0.15, 0.2) is 5.69 Å². The van der Waals surface area contributed by atoms with Crippen molar-refractivity contribution < 1.29 is 9.90 Å². The molecule has 1 aromatic carbocycles. The van der Waals surface area contributed by atoms with Crippen LogP contribution < -0.4 is 5.32 Å². The topological polar surface area (TPSA) is 67.2 Å². The first-order valence-corrected chi connectivity index (χ1v) is 8.55. The molecule has 0 aliphatic heterocycles. The smallest absolute Gasteiger partial charge is 0.272 e. The molecule has 1 aliphatic rings. The summed E-state index contributed by atoms with van der Waals surface area (Å²) in [4.78, 5) is 12.5. The lowest BCUT2D eigenvalue weighted by Crippen LogP contribution is -2.37. The molecule has 1 amide bonds. The third-order valence-corrected chi connectivity index (χ3v) is 4.52. The quantitative estimate of drug-likeness (QED) is 0.857. The lowest BCUT2D eigenvalue weighted by molar-refractivity contribution is 0.0918. The monoisotopic (exact) mass is 327 g/mol. The van der Waals surface area contributed by atoms with Crippen LogP contribution in [0.25, 0.3) is 5.69 Å². The number of rotatable bonds is 6. The van der Waals surface area contributed by atoms with Crippen molar-refractivity contribution in [2.45, 2.75) is 46.1 Å². The van der Waals surface area contributed by atoms with E-state index in [1.54, 1.807) is 0 Å². The first-order valence-electron chi connectivity index (χ1n) is 8.55. The molecule has 1 saturated carbocycles. The van der Waals surface area contributed by atoms with Crippen molar-refractivity contribution in [2.24, 2.45) is 5.92 Å². The standard InChI is InChI=1S/C19H25N3O2/c1-12-8-13(2)10-16(9-12)22-14(3)11-18(21-22)19(24)20-17(6-7-23)15-4-5-15/h8-11,15,17,23H,4-7H2,1-3H3,(H,20,24). The summed E-state index contributed by atoms with van der Waals surface area (Å²) < 4.78 is 1.81. The van der Waals surface area contributed by atoms with Gasteiger partial charge in [0.05, 0.1) is 5.69 Å². The number of nitrogens with zero attached hydrogens (tertiary/aromatic N) is 2. The number of aromatic nitrogens is 2. The molecular formula is C19H25N3O2. The second kappa shape index (κ2) is 6.77. The van der Waals surface area contributed by atoms with E-state index in [0.717, 1.165) is 24.2 Å². The van der Waals surface area contributed by atoms with Crippen molar-refractivity contribution >= 4 is 5.91 Å². The minimum atomic E-state index is -0.161. The Balaban J connectivity index is 1.81. The number of hydrogen-bond donors (Lipinski definition) is 2. The maximum Gasteiger partial charge on any atom is 0.272 e. The van der Waals surface area contributed by atoms with Crippen molar-refractivity contribution in [3.05, 3.63) is 46.8 Å². The van der Waals surface area contributed by atoms with Crippen molar-refractivity contribution in [3.63, 3.8) is 0 Å². The molecule has 5 heteroatoms. The summed E-state index contributed by atoms with van der Waals surface area (Å²) in [5.41, 5.74) is 4.66. The second-order valence-electron chi connectivity index (χ2n) is 6.86. The van der Waals surface area contributed by atoms with Crippen LogP contribution in [0.3, 0.4) is 0 Å². The highest BCUT2D eigenvalue weighted by atomic mass is 16.3. The predicted octanol–water partition coefficient (Wildman–Crippen LogP) is 2.69. The highest BCUT2D eigenvalue weighted by Crippen LogP contribution is 2.34. The van der Waals surface area contributed by atoms with Gasteiger partial charge < -0.3 is 10.4 Å². The van der Waals surface area contributed by atoms with Gasteiger partial charge in [0.2, 0.25) is 0 Å². The summed E-state index contributed by atoms with van der Waals surface area (Å²) in [6.45, 7) is 6.15. The van der Waals surface area contributed by atoms with Gasteiger partial charge in [0.1, 0.15) is 0 Å². The maximum atomic E-state index is 12.5. The summed E-state index contributed by atoms with van der Waals surface area (Å²) in [7, 11) is 0. The Morgan fingerprint density at radius 2 is 1.92 bits per heavy atom. The van der Waals surface area contributed by atoms with Crippen molar-refractivity contribution in [1.29, 1.82) is 0 Å². The van der Waals surface area contributed by atoms with E-state index in [2.05, 4.69) is 42.5 Å². The van der Waals surface area contributed by atoms with E-state index in [0.29, 0.717) is 18.0 Å². The Bertz CT molecular complexity index is 727. The molecule has 0 radical (unpaired) electrons. The van der Waals surface area contributed by atoms with Gasteiger partial charge in [-0.15, -0.1) is 0 Å². The van der Waals surface area contributed by atoms with Gasteiger partial charge in [0.25, 0.3) is 5.91 Å². The normalized spacial score (nSPS) is 15.3. The molecule has 1 fully saturated rings. The minimum absolute atomic E-state index is 0.0502. The fraction of sp³-hybridized carbons (Fsp3) is 0.474. The van der Waals surface area contributed by atoms with Gasteiger partial charge in [-0.05, 0) is 75.3 Å². The summed E-state index contributed by atoms with van der Waals surface area (Å²) >= 11 is 0. The number of amides is 1. The predicted molar refractivity (Wildman–Crippen MR) is 93.5 cm³/mol. The Hall–Kier alpha value is -2.14. The molecule has 3 rings (SSSR count). The third kappa shape index (κ3) is 3.67. The largest absolute Gasteiger partial charge is 0.396 e. The maximum absolute atomic E-state index is 12.5. The molecule has 2 N–H and O–H groups in total. The Morgan fingerprint density at radius 3 is 2.50 bits per heavy atom. The van der Waals surface area contributed by atoms with Crippen LogP contribution in [-0.2, 0) is 0 Å². The van der Waals surface area contributed by atoms with E-state index >= 15 is 0 Å². The first-order chi connectivity index (χ1) is 11.5. The molecule has 1 aliphatic carbocycles. The van der Waals surface area contributed by atoms with E-state index in [-0.39, 0.29) is 18.6 Å². The SMILES string of the molecule is Cc1cc(C)cc(-n2nc(C(=O)NC(CCO)C3CC3)cc2C)c1. The number of carbonyl (C=O) groups excluding carboxylic acids is 1. The molecule has 0 spiro atoms. The lowest BCUT2D eigenvalue weighted by Gasteiger charge is -2.16. The molecule has 1 atom stereocenters. The van der Waals surface area contributed by atoms with Gasteiger partial charge in [-0.25, -0.2) is 4.68 Å². The fourth-order valence-electron chi connectivity index (χ4n) is 3.23. The van der Waals surface area contributed by atoms with Gasteiger partial charge >= 0.3 is 0 Å². The van der Waals surface area contributed by atoms with Crippen LogP contribution in [0.2, 0.25) is 0 Å². The molecule has 5 nitrogen and oxygen atoms in total. The van der Waals surface area contributed by atoms with Gasteiger partial charge in [-0.1, -0.05) is 6.07 Å². The van der Waals surface area contributed by atoms with Crippen LogP contribution >= 0.6 is 0 Å². The fourth-order valence-corrected chi connectivity index (χ4v) is 3.23. The number of aliphatic hydroxyl groups is 1. The van der Waals surface area contributed by atoms with Crippen LogP contribution in [-0.4, -0.2) is 33.4 Å². The molecule has 24 heavy (non-hydrogen) atoms. The molecule has 1 unspecified atom stereocenters. The van der Waals surface area contributed by atoms with Crippen LogP contribution in [0.5, 0.6) is 0 Å². The second-order valence-corrected chi connectivity index (χ2v) is 6.86. The van der Waals surface area contributed by atoms with Crippen molar-refractivity contribution in [1.82, 2.24) is 15.1 Å². The summed E-state index contributed by atoms with van der Waals surface area (Å²) in [5, 5.41) is 16.7. The van der Waals surface area contributed by atoms with Gasteiger partial charge in [-0.3, -0.25) is 4.79 Å². The number of aryl methyl sites for hydroxylation is 3. The first kappa shape index (κ1) is 16.7. The van der Waals surface area contributed by atoms with E-state index in [1.165, 1.54) is 11.1 Å². The zero-order valence-corrected chi connectivity index (χ0v) is 14.5. The summed E-state index contributed by atoms with van der Waals surface area (Å²) in [6.07, 6.45) is 2.86. The summed E-state index contributed by atoms with van der Waals surface area (Å²) in [6, 6.07) is 8.11. The average Bonchev–Trinajstić information content (AvgIpc) is 3.28. The Kier molecular flexibility index (Phi) is 4.71. The molecule has 0 bridgehead atoms. The average molecular weight is 327 g/mol. The van der Waals surface area contributed by atoms with Crippen LogP contribution in [0.15, 0.2) is 24.3 Å². The number of nitrogens with one attached hydrogen (secondary N) is 1. The number of carbonyl (C=O) groups is 1. The highest BCUT2D eigenvalue weighted by molar-refractivity contribution is 5.92. The number of hydrogen-bond acceptors (Lipinski definition) is 3. The van der Waals surface area contributed by atoms with E-state index in [1.807, 2.05) is 17.7 Å². The molecule has 128 valence electrons. The van der Waals surface area contributed by atoms with E-state index in [4.69, 9.17) is 0 Å². The van der Waals surface area contributed by atoms with E-state index in [9.17, 15) is 9.90 Å². The van der Waals surface area contributed by atoms with Crippen molar-refractivity contribution in [3.8, 4) is 5.69 Å². The molecule has 0 saturated heterocycles. The third-order valence-electron chi connectivity index (χ3n) is 4.52. The Morgan fingerprint density at radius 1 is 1.25 bits per heavy atom. The zero-order chi connectivity index (χ0) is 17.3. The number of aliphatic hydroxyl groups excluding tert-OH is 1. The minimum Gasteiger partial charge on any atom is -0.396 e. The molecule has 1 aromatic heterocycles. The molecule has 1 heterocycles. The summed E-state index contributed by atoms with van der Waals surface area (Å²) in [5.74, 6) is 0.343. The van der Waals surface area contributed by atoms with E-state index < -0.39 is 0 Å². The van der Waals surface area contributed by atoms with Crippen LogP contribution in [0, 0.1) is 26.7 Å².